The van der Waals surface area contributed by atoms with Gasteiger partial charge in [0.25, 0.3) is 0 Å². The van der Waals surface area contributed by atoms with Crippen LogP contribution in [0, 0.1) is 0 Å². The molecule has 0 fully saturated rings. The van der Waals surface area contributed by atoms with Crippen LogP contribution in [0.2, 0.25) is 25.7 Å². The highest BCUT2D eigenvalue weighted by atomic mass is 28.3. The van der Waals surface area contributed by atoms with E-state index in [4.69, 9.17) is 4.74 Å². The second-order valence-corrected chi connectivity index (χ2v) is 10.8. The second kappa shape index (κ2) is 6.69. The van der Waals surface area contributed by atoms with E-state index in [1.807, 2.05) is 13.0 Å². The molecule has 0 bridgehead atoms. The molecule has 0 atom stereocenters. The van der Waals surface area contributed by atoms with Crippen LogP contribution in [0.25, 0.3) is 0 Å². The zero-order valence-electron chi connectivity index (χ0n) is 11.4. The Kier molecular flexibility index (Phi) is 6.34. The van der Waals surface area contributed by atoms with E-state index in [0.29, 0.717) is 6.61 Å². The fourth-order valence-electron chi connectivity index (χ4n) is 1.33. The summed E-state index contributed by atoms with van der Waals surface area (Å²) in [6.45, 7) is 13.4. The molecule has 0 heterocycles. The Morgan fingerprint density at radius 2 is 1.75 bits per heavy atom. The molecule has 16 heavy (non-hydrogen) atoms. The number of carbonyl (C=O) groups is 1. The molecule has 0 rings (SSSR count). The highest BCUT2D eigenvalue weighted by Gasteiger charge is 2.15. The highest BCUT2D eigenvalue weighted by Crippen LogP contribution is 2.20. The third-order valence-corrected chi connectivity index (χ3v) is 3.51. The number of allylic oxidation sites excluding steroid dienone is 3. The van der Waals surface area contributed by atoms with Crippen molar-refractivity contribution in [3.05, 3.63) is 23.3 Å². The van der Waals surface area contributed by atoms with Crippen molar-refractivity contribution in [2.45, 2.75) is 46.5 Å². The molecule has 92 valence electrons. The molecule has 0 radical (unpaired) electrons. The Bertz CT molecular complexity index is 292. The van der Waals surface area contributed by atoms with Gasteiger partial charge in [-0.15, -0.1) is 0 Å². The Morgan fingerprint density at radius 3 is 2.12 bits per heavy atom. The van der Waals surface area contributed by atoms with Crippen LogP contribution < -0.4 is 0 Å². The summed E-state index contributed by atoms with van der Waals surface area (Å²) < 4.78 is 4.87. The molecule has 0 aromatic heterocycles. The van der Waals surface area contributed by atoms with Crippen LogP contribution in [0.5, 0.6) is 0 Å². The molecule has 0 spiro atoms. The number of rotatable bonds is 5. The molecule has 0 amide bonds. The maximum absolute atomic E-state index is 11.2. The van der Waals surface area contributed by atoms with Crippen molar-refractivity contribution in [1.82, 2.24) is 0 Å². The van der Waals surface area contributed by atoms with E-state index in [2.05, 4.69) is 33.5 Å². The summed E-state index contributed by atoms with van der Waals surface area (Å²) in [5.74, 6) is -0.253. The molecular formula is C13H24O2Si. The summed E-state index contributed by atoms with van der Waals surface area (Å²) >= 11 is 0. The van der Waals surface area contributed by atoms with E-state index in [-0.39, 0.29) is 5.97 Å². The van der Waals surface area contributed by atoms with Crippen LogP contribution in [0.1, 0.15) is 20.8 Å². The maximum atomic E-state index is 11.2. The SMILES string of the molecule is CCOC(=O)/C=C/C(C[Si](C)(C)C)=C(C)C. The number of ether oxygens (including phenoxy) is 1. The molecule has 0 aromatic carbocycles. The van der Waals surface area contributed by atoms with E-state index in [0.717, 1.165) is 6.04 Å². The van der Waals surface area contributed by atoms with Crippen molar-refractivity contribution in [2.24, 2.45) is 0 Å². The quantitative estimate of drug-likeness (QED) is 0.316. The number of esters is 1. The molecular weight excluding hydrogens is 216 g/mol. The highest BCUT2D eigenvalue weighted by molar-refractivity contribution is 6.76. The zero-order valence-corrected chi connectivity index (χ0v) is 12.4. The lowest BCUT2D eigenvalue weighted by Crippen LogP contribution is -2.20. The van der Waals surface area contributed by atoms with Gasteiger partial charge in [-0.25, -0.2) is 4.79 Å². The molecule has 0 aliphatic rings. The van der Waals surface area contributed by atoms with Gasteiger partial charge in [0.1, 0.15) is 0 Å². The summed E-state index contributed by atoms with van der Waals surface area (Å²) in [5, 5.41) is 0. The molecule has 0 N–H and O–H groups in total. The van der Waals surface area contributed by atoms with Crippen LogP contribution in [-0.4, -0.2) is 20.7 Å². The normalized spacial score (nSPS) is 11.6. The summed E-state index contributed by atoms with van der Waals surface area (Å²) in [6.07, 6.45) is 3.44. The first kappa shape index (κ1) is 15.2. The minimum atomic E-state index is -1.13. The lowest BCUT2D eigenvalue weighted by molar-refractivity contribution is -0.137. The van der Waals surface area contributed by atoms with E-state index in [9.17, 15) is 4.79 Å². The van der Waals surface area contributed by atoms with Gasteiger partial charge < -0.3 is 4.74 Å². The standard InChI is InChI=1S/C13H24O2Si/c1-7-15-13(14)9-8-12(11(2)3)10-16(4,5)6/h8-9H,7,10H2,1-6H3/b9-8+. The topological polar surface area (TPSA) is 26.3 Å². The van der Waals surface area contributed by atoms with E-state index in [1.54, 1.807) is 0 Å². The molecule has 0 unspecified atom stereocenters. The Hall–Kier alpha value is -0.833. The maximum Gasteiger partial charge on any atom is 0.330 e. The van der Waals surface area contributed by atoms with Crippen molar-refractivity contribution in [3.8, 4) is 0 Å². The van der Waals surface area contributed by atoms with Gasteiger partial charge in [0, 0.05) is 14.1 Å². The molecule has 3 heteroatoms. The fraction of sp³-hybridized carbons (Fsp3) is 0.615. The lowest BCUT2D eigenvalue weighted by Gasteiger charge is -2.17. The predicted octanol–water partition coefficient (Wildman–Crippen LogP) is 3.78. The predicted molar refractivity (Wildman–Crippen MR) is 72.3 cm³/mol. The molecule has 0 aliphatic carbocycles. The lowest BCUT2D eigenvalue weighted by atomic mass is 10.1. The largest absolute Gasteiger partial charge is 0.463 e. The summed E-state index contributed by atoms with van der Waals surface area (Å²) in [6, 6.07) is 1.10. The monoisotopic (exact) mass is 240 g/mol. The van der Waals surface area contributed by atoms with Crippen molar-refractivity contribution in [1.29, 1.82) is 0 Å². The van der Waals surface area contributed by atoms with Gasteiger partial charge in [-0.3, -0.25) is 0 Å². The average molecular weight is 240 g/mol. The average Bonchev–Trinajstić information content (AvgIpc) is 2.10. The third-order valence-electron chi connectivity index (χ3n) is 2.07. The number of hydrogen-bond donors (Lipinski definition) is 0. The van der Waals surface area contributed by atoms with Gasteiger partial charge in [-0.05, 0) is 26.8 Å². The van der Waals surface area contributed by atoms with Crippen LogP contribution in [0.15, 0.2) is 23.3 Å². The molecule has 0 saturated heterocycles. The van der Waals surface area contributed by atoms with E-state index >= 15 is 0 Å². The summed E-state index contributed by atoms with van der Waals surface area (Å²) in [7, 11) is -1.13. The van der Waals surface area contributed by atoms with E-state index < -0.39 is 8.07 Å². The van der Waals surface area contributed by atoms with Gasteiger partial charge in [-0.1, -0.05) is 36.9 Å². The number of hydrogen-bond acceptors (Lipinski definition) is 2. The summed E-state index contributed by atoms with van der Waals surface area (Å²) in [4.78, 5) is 11.2. The van der Waals surface area contributed by atoms with E-state index in [1.165, 1.54) is 17.2 Å². The van der Waals surface area contributed by atoms with Crippen LogP contribution in [0.3, 0.4) is 0 Å². The zero-order chi connectivity index (χ0) is 12.8. The smallest absolute Gasteiger partial charge is 0.330 e. The van der Waals surface area contributed by atoms with Gasteiger partial charge >= 0.3 is 5.97 Å². The van der Waals surface area contributed by atoms with Crippen molar-refractivity contribution in [2.75, 3.05) is 6.61 Å². The van der Waals surface area contributed by atoms with Gasteiger partial charge in [0.05, 0.1) is 6.61 Å². The molecule has 0 saturated carbocycles. The molecule has 0 aromatic rings. The van der Waals surface area contributed by atoms with Gasteiger partial charge in [0.2, 0.25) is 0 Å². The number of carbonyl (C=O) groups excluding carboxylic acids is 1. The second-order valence-electron chi connectivity index (χ2n) is 5.35. The summed E-state index contributed by atoms with van der Waals surface area (Å²) in [5.41, 5.74) is 2.55. The van der Waals surface area contributed by atoms with Crippen molar-refractivity contribution in [3.63, 3.8) is 0 Å². The van der Waals surface area contributed by atoms with Crippen molar-refractivity contribution >= 4 is 14.0 Å². The Balaban J connectivity index is 4.61. The van der Waals surface area contributed by atoms with Gasteiger partial charge in [-0.2, -0.15) is 0 Å². The molecule has 0 aliphatic heterocycles. The third kappa shape index (κ3) is 7.46. The first-order chi connectivity index (χ1) is 7.26. The van der Waals surface area contributed by atoms with Crippen LogP contribution in [-0.2, 0) is 9.53 Å². The Morgan fingerprint density at radius 1 is 1.19 bits per heavy atom. The first-order valence-corrected chi connectivity index (χ1v) is 9.48. The first-order valence-electron chi connectivity index (χ1n) is 5.77. The fourth-order valence-corrected chi connectivity index (χ4v) is 2.95. The minimum absolute atomic E-state index is 0.253. The Labute approximate surface area is 100 Å². The minimum Gasteiger partial charge on any atom is -0.463 e. The van der Waals surface area contributed by atoms with Gasteiger partial charge in [0.15, 0.2) is 0 Å². The van der Waals surface area contributed by atoms with Crippen molar-refractivity contribution < 1.29 is 9.53 Å². The molecule has 2 nitrogen and oxygen atoms in total. The van der Waals surface area contributed by atoms with Crippen LogP contribution >= 0.6 is 0 Å². The van der Waals surface area contributed by atoms with Crippen LogP contribution in [0.4, 0.5) is 0 Å².